The third-order valence-electron chi connectivity index (χ3n) is 0.322. The number of hydrogen-bond acceptors (Lipinski definition) is 1. The minimum atomic E-state index is 0.934. The van der Waals surface area contributed by atoms with Crippen LogP contribution in [0, 0.1) is 6.92 Å². The molecule has 0 heterocycles. The molecule has 0 rings (SSSR count). The fraction of sp³-hybridized carbons (Fsp3) is 0.500. The van der Waals surface area contributed by atoms with Crippen molar-refractivity contribution in [1.82, 2.24) is 0 Å². The lowest BCUT2D eigenvalue weighted by Crippen LogP contribution is -1.61. The van der Waals surface area contributed by atoms with Gasteiger partial charge in [-0.3, -0.25) is 0 Å². The van der Waals surface area contributed by atoms with Crippen molar-refractivity contribution in [3.05, 3.63) is 6.92 Å². The fourth-order valence-corrected chi connectivity index (χ4v) is 0.250. The molecule has 1 heteroatoms. The molecule has 0 aromatic rings. The normalized spacial score (nSPS) is 7.40. The first-order valence-corrected chi connectivity index (χ1v) is 2.12. The van der Waals surface area contributed by atoms with Gasteiger partial charge in [0.1, 0.15) is 0 Å². The molecule has 0 amide bonds. The van der Waals surface area contributed by atoms with Gasteiger partial charge in [-0.25, -0.2) is 0 Å². The third kappa shape index (κ3) is 4.09. The summed E-state index contributed by atoms with van der Waals surface area (Å²) in [4.78, 5) is 0. The molecule has 0 saturated carbocycles. The molecule has 5 heavy (non-hydrogen) atoms. The number of unbranched alkanes of at least 4 members (excludes halogenated alkanes) is 1. The van der Waals surface area contributed by atoms with Crippen LogP contribution in [0.15, 0.2) is 0 Å². The third-order valence-corrected chi connectivity index (χ3v) is 0.558. The second-order valence-electron chi connectivity index (χ2n) is 0.809. The van der Waals surface area contributed by atoms with Crippen molar-refractivity contribution in [2.24, 2.45) is 0 Å². The minimum Gasteiger partial charge on any atom is -0.0935 e. The van der Waals surface area contributed by atoms with Crippen molar-refractivity contribution < 1.29 is 0 Å². The Morgan fingerprint density at radius 2 is 2.40 bits per heavy atom. The topological polar surface area (TPSA) is 0 Å². The fourth-order valence-electron chi connectivity index (χ4n) is 0.0833. The summed E-state index contributed by atoms with van der Waals surface area (Å²) >= 11 is 4.49. The highest BCUT2D eigenvalue weighted by Gasteiger charge is 1.63. The lowest BCUT2D eigenvalue weighted by Gasteiger charge is -1.70. The molecule has 1 radical (unpaired) electrons. The number of hydrogen-bond donors (Lipinski definition) is 0. The zero-order valence-electron chi connectivity index (χ0n) is 3.11. The molecule has 0 unspecified atom stereocenters. The quantitative estimate of drug-likeness (QED) is 0.461. The summed E-state index contributed by atoms with van der Waals surface area (Å²) in [7, 11) is 0. The average Bonchev–Trinajstić information content (AvgIpc) is 1.41. The first-order chi connectivity index (χ1) is 2.41. The van der Waals surface area contributed by atoms with E-state index in [4.69, 9.17) is 0 Å². The lowest BCUT2D eigenvalue weighted by atomic mass is 10.4. The molecule has 0 N–H and O–H groups in total. The van der Waals surface area contributed by atoms with E-state index < -0.39 is 0 Å². The van der Waals surface area contributed by atoms with Crippen molar-refractivity contribution in [2.45, 2.75) is 12.8 Å². The summed E-state index contributed by atoms with van der Waals surface area (Å²) < 4.78 is 0. The van der Waals surface area contributed by atoms with E-state index in [1.54, 1.807) is 5.37 Å². The molecule has 0 atom stereocenters. The Bertz CT molecular complexity index is 24.8. The monoisotopic (exact) mass is 87.0 g/mol. The van der Waals surface area contributed by atoms with Crippen molar-refractivity contribution >= 4 is 17.6 Å². The highest BCUT2D eigenvalue weighted by atomic mass is 32.1. The van der Waals surface area contributed by atoms with Crippen LogP contribution in [0.2, 0.25) is 0 Å². The summed E-state index contributed by atoms with van der Waals surface area (Å²) in [5, 5.41) is 1.70. The molecular weight excluding hydrogens is 80.1 g/mol. The van der Waals surface area contributed by atoms with Gasteiger partial charge in [0.15, 0.2) is 0 Å². The van der Waals surface area contributed by atoms with E-state index in [1.807, 2.05) is 0 Å². The summed E-state index contributed by atoms with van der Waals surface area (Å²) in [5.41, 5.74) is 0. The molecule has 29 valence electrons. The van der Waals surface area contributed by atoms with Gasteiger partial charge in [0, 0.05) is 0 Å². The molecule has 0 aliphatic carbocycles. The highest BCUT2D eigenvalue weighted by molar-refractivity contribution is 7.78. The maximum atomic E-state index is 4.49. The molecule has 0 spiro atoms. The van der Waals surface area contributed by atoms with Gasteiger partial charge in [0.25, 0.3) is 0 Å². The molecule has 0 aromatic carbocycles. The Morgan fingerprint density at radius 3 is 2.40 bits per heavy atom. The van der Waals surface area contributed by atoms with Gasteiger partial charge < -0.3 is 0 Å². The van der Waals surface area contributed by atoms with Gasteiger partial charge in [-0.2, -0.15) is 0 Å². The van der Waals surface area contributed by atoms with Gasteiger partial charge in [-0.05, 0) is 18.2 Å². The SMILES string of the molecule is [CH2]CCC=S. The Labute approximate surface area is 38.2 Å². The maximum Gasteiger partial charge on any atom is -0.0210 e. The zero-order valence-corrected chi connectivity index (χ0v) is 3.92. The first-order valence-electron chi connectivity index (χ1n) is 1.64. The predicted octanol–water partition coefficient (Wildman–Crippen LogP) is 1.60. The second kappa shape index (κ2) is 4.09. The second-order valence-corrected chi connectivity index (χ2v) is 1.14. The van der Waals surface area contributed by atoms with Crippen LogP contribution in [0.3, 0.4) is 0 Å². The number of thiocarbonyl (C=S) groups is 1. The van der Waals surface area contributed by atoms with Crippen molar-refractivity contribution in [3.8, 4) is 0 Å². The van der Waals surface area contributed by atoms with Crippen molar-refractivity contribution in [2.75, 3.05) is 0 Å². The molecule has 0 aliphatic heterocycles. The largest absolute Gasteiger partial charge is 0.0935 e. The molecule has 0 nitrogen and oxygen atoms in total. The molecule has 0 fully saturated rings. The van der Waals surface area contributed by atoms with Gasteiger partial charge >= 0.3 is 0 Å². The smallest absolute Gasteiger partial charge is 0.0210 e. The lowest BCUT2D eigenvalue weighted by molar-refractivity contribution is 1.13. The zero-order chi connectivity index (χ0) is 4.12. The van der Waals surface area contributed by atoms with E-state index >= 15 is 0 Å². The van der Waals surface area contributed by atoms with Crippen LogP contribution in [0.4, 0.5) is 0 Å². The standard InChI is InChI=1S/C4H7S/c1-2-3-4-5/h4H,1-3H2. The number of rotatable bonds is 2. The Kier molecular flexibility index (Phi) is 4.16. The predicted molar refractivity (Wildman–Crippen MR) is 28.2 cm³/mol. The van der Waals surface area contributed by atoms with Crippen molar-refractivity contribution in [3.63, 3.8) is 0 Å². The van der Waals surface area contributed by atoms with E-state index in [0.29, 0.717) is 0 Å². The van der Waals surface area contributed by atoms with Crippen LogP contribution < -0.4 is 0 Å². The van der Waals surface area contributed by atoms with Crippen LogP contribution >= 0.6 is 12.2 Å². The summed E-state index contributed by atoms with van der Waals surface area (Å²) in [6, 6.07) is 0. The molecule has 0 bridgehead atoms. The van der Waals surface area contributed by atoms with Crippen molar-refractivity contribution in [1.29, 1.82) is 0 Å². The van der Waals surface area contributed by atoms with E-state index in [-0.39, 0.29) is 0 Å². The maximum absolute atomic E-state index is 4.49. The Balaban J connectivity index is 2.40. The highest BCUT2D eigenvalue weighted by Crippen LogP contribution is 1.76. The summed E-state index contributed by atoms with van der Waals surface area (Å²) in [5.74, 6) is 0. The van der Waals surface area contributed by atoms with E-state index in [2.05, 4.69) is 19.1 Å². The van der Waals surface area contributed by atoms with E-state index in [1.165, 1.54) is 0 Å². The average molecular weight is 87.2 g/mol. The van der Waals surface area contributed by atoms with Crippen LogP contribution in [-0.4, -0.2) is 5.37 Å². The summed E-state index contributed by atoms with van der Waals surface area (Å²) in [6.07, 6.45) is 1.90. The Hall–Kier alpha value is 0.0900. The van der Waals surface area contributed by atoms with Gasteiger partial charge in [-0.1, -0.05) is 19.1 Å². The van der Waals surface area contributed by atoms with Crippen LogP contribution in [0.1, 0.15) is 12.8 Å². The van der Waals surface area contributed by atoms with Gasteiger partial charge in [-0.15, -0.1) is 0 Å². The molecule has 0 aliphatic rings. The Morgan fingerprint density at radius 1 is 1.80 bits per heavy atom. The van der Waals surface area contributed by atoms with Crippen LogP contribution in [-0.2, 0) is 0 Å². The molecule has 0 saturated heterocycles. The molecular formula is C4H7S. The van der Waals surface area contributed by atoms with Crippen LogP contribution in [0.25, 0.3) is 0 Å². The molecule has 0 aromatic heterocycles. The first kappa shape index (κ1) is 5.09. The van der Waals surface area contributed by atoms with Gasteiger partial charge in [0.05, 0.1) is 0 Å². The van der Waals surface area contributed by atoms with Gasteiger partial charge in [0.2, 0.25) is 0 Å². The summed E-state index contributed by atoms with van der Waals surface area (Å²) in [6.45, 7) is 3.58. The van der Waals surface area contributed by atoms with E-state index in [9.17, 15) is 0 Å². The van der Waals surface area contributed by atoms with Crippen LogP contribution in [0.5, 0.6) is 0 Å². The minimum absolute atomic E-state index is 0.934. The van der Waals surface area contributed by atoms with E-state index in [0.717, 1.165) is 12.8 Å².